The molecule has 14 rings (SSSR count). The zero-order chi connectivity index (χ0) is 45.4. The Morgan fingerprint density at radius 3 is 1.17 bits per heavy atom. The van der Waals surface area contributed by atoms with Crippen LogP contribution in [0.3, 0.4) is 0 Å². The van der Waals surface area contributed by atoms with E-state index < -0.39 is 0 Å². The van der Waals surface area contributed by atoms with Crippen molar-refractivity contribution in [1.29, 1.82) is 0 Å². The number of hydrogen-bond acceptors (Lipinski definition) is 5. The lowest BCUT2D eigenvalue weighted by Crippen LogP contribution is -2.00. The second-order valence-corrected chi connectivity index (χ2v) is 17.6. The Balaban J connectivity index is 0.844. The zero-order valence-electron chi connectivity index (χ0n) is 37.0. The Labute approximate surface area is 396 Å². The van der Waals surface area contributed by atoms with Crippen molar-refractivity contribution in [2.75, 3.05) is 0 Å². The second-order valence-electron chi connectivity index (χ2n) is 17.6. The fraction of sp³-hybridized carbons (Fsp3) is 0. The summed E-state index contributed by atoms with van der Waals surface area (Å²) >= 11 is 0. The molecular weight excluding hydrogens is 845 g/mol. The first-order valence-corrected chi connectivity index (χ1v) is 23.1. The van der Waals surface area contributed by atoms with Gasteiger partial charge in [-0.2, -0.15) is 0 Å². The average Bonchev–Trinajstić information content (AvgIpc) is 4.09. The van der Waals surface area contributed by atoms with Crippen LogP contribution in [-0.2, 0) is 0 Å². The molecule has 4 heterocycles. The van der Waals surface area contributed by atoms with Crippen LogP contribution in [0.25, 0.3) is 139 Å². The van der Waals surface area contributed by atoms with Crippen LogP contribution in [-0.4, -0.2) is 19.5 Å². The molecule has 6 nitrogen and oxygen atoms in total. The zero-order valence-corrected chi connectivity index (χ0v) is 37.0. The maximum Gasteiger partial charge on any atom is 0.164 e. The van der Waals surface area contributed by atoms with E-state index >= 15 is 0 Å². The van der Waals surface area contributed by atoms with Gasteiger partial charge in [-0.15, -0.1) is 0 Å². The number of nitrogens with zero attached hydrogens (tertiary/aromatic N) is 4. The third-order valence-electron chi connectivity index (χ3n) is 13.5. The summed E-state index contributed by atoms with van der Waals surface area (Å²) < 4.78 is 15.7. The Morgan fingerprint density at radius 1 is 0.246 bits per heavy atom. The molecule has 0 unspecified atom stereocenters. The van der Waals surface area contributed by atoms with Gasteiger partial charge in [-0.3, -0.25) is 0 Å². The molecule has 14 aromatic rings. The van der Waals surface area contributed by atoms with Crippen molar-refractivity contribution in [2.45, 2.75) is 0 Å². The molecule has 0 aliphatic carbocycles. The normalized spacial score (nSPS) is 11.8. The monoisotopic (exact) mass is 882 g/mol. The SMILES string of the molecule is c1ccc(-c2ccc3c4ccc(-c5ccccc5)cc4n(-c4ccc5c(c4)oc4cc(-c6ccc7oc8cc(-c9nc(-c%10ccccc%10)nc(-c%10ccccc%10)n9)ccc8c7c6)ccc45)c3c2)cc1. The average molecular weight is 883 g/mol. The minimum Gasteiger partial charge on any atom is -0.456 e. The van der Waals surface area contributed by atoms with E-state index in [0.29, 0.717) is 17.5 Å². The van der Waals surface area contributed by atoms with Gasteiger partial charge in [0, 0.05) is 60.8 Å². The lowest BCUT2D eigenvalue weighted by atomic mass is 10.0. The van der Waals surface area contributed by atoms with Gasteiger partial charge in [0.25, 0.3) is 0 Å². The van der Waals surface area contributed by atoms with E-state index in [1.165, 1.54) is 33.0 Å². The predicted octanol–water partition coefficient (Wildman–Crippen LogP) is 16.8. The predicted molar refractivity (Wildman–Crippen MR) is 281 cm³/mol. The molecule has 10 aromatic carbocycles. The first-order chi connectivity index (χ1) is 34.1. The Bertz CT molecular complexity index is 4130. The summed E-state index contributed by atoms with van der Waals surface area (Å²) in [6.45, 7) is 0. The fourth-order valence-electron chi connectivity index (χ4n) is 10.0. The van der Waals surface area contributed by atoms with Crippen molar-refractivity contribution in [3.05, 3.63) is 231 Å². The number of fused-ring (bicyclic) bond motifs is 9. The van der Waals surface area contributed by atoms with Gasteiger partial charge in [-0.05, 0) is 94.0 Å². The third-order valence-corrected chi connectivity index (χ3v) is 13.5. The van der Waals surface area contributed by atoms with E-state index in [9.17, 15) is 0 Å². The van der Waals surface area contributed by atoms with Gasteiger partial charge >= 0.3 is 0 Å². The molecule has 0 N–H and O–H groups in total. The summed E-state index contributed by atoms with van der Waals surface area (Å²) in [5, 5.41) is 6.62. The molecule has 4 aromatic heterocycles. The molecule has 0 aliphatic rings. The van der Waals surface area contributed by atoms with Crippen LogP contribution >= 0.6 is 0 Å². The topological polar surface area (TPSA) is 69.9 Å². The Morgan fingerprint density at radius 2 is 0.623 bits per heavy atom. The third kappa shape index (κ3) is 6.61. The van der Waals surface area contributed by atoms with Gasteiger partial charge in [-0.1, -0.05) is 164 Å². The number of aromatic nitrogens is 4. The summed E-state index contributed by atoms with van der Waals surface area (Å²) in [6.07, 6.45) is 0. The lowest BCUT2D eigenvalue weighted by Gasteiger charge is -2.10. The highest BCUT2D eigenvalue weighted by Crippen LogP contribution is 2.41. The van der Waals surface area contributed by atoms with Crippen LogP contribution in [0.4, 0.5) is 0 Å². The summed E-state index contributed by atoms with van der Waals surface area (Å²) in [5.74, 6) is 1.82. The molecular formula is C63H38N4O2. The van der Waals surface area contributed by atoms with Crippen molar-refractivity contribution < 1.29 is 8.83 Å². The van der Waals surface area contributed by atoms with E-state index in [1.807, 2.05) is 66.7 Å². The lowest BCUT2D eigenvalue weighted by molar-refractivity contribution is 0.669. The molecule has 0 fully saturated rings. The van der Waals surface area contributed by atoms with Crippen LogP contribution in [0.15, 0.2) is 239 Å². The first-order valence-electron chi connectivity index (χ1n) is 23.1. The molecule has 0 saturated heterocycles. The maximum absolute atomic E-state index is 6.79. The van der Waals surface area contributed by atoms with E-state index in [0.717, 1.165) is 88.4 Å². The van der Waals surface area contributed by atoms with Crippen molar-refractivity contribution in [3.63, 3.8) is 0 Å². The minimum atomic E-state index is 0.585. The highest BCUT2D eigenvalue weighted by atomic mass is 16.3. The molecule has 0 radical (unpaired) electrons. The van der Waals surface area contributed by atoms with Crippen LogP contribution in [0.1, 0.15) is 0 Å². The molecule has 0 spiro atoms. The van der Waals surface area contributed by atoms with E-state index in [4.69, 9.17) is 23.8 Å². The highest BCUT2D eigenvalue weighted by molar-refractivity contribution is 6.13. The number of hydrogen-bond donors (Lipinski definition) is 0. The van der Waals surface area contributed by atoms with Crippen molar-refractivity contribution in [1.82, 2.24) is 19.5 Å². The van der Waals surface area contributed by atoms with E-state index in [2.05, 4.69) is 168 Å². The molecule has 69 heavy (non-hydrogen) atoms. The molecule has 0 atom stereocenters. The molecule has 0 aliphatic heterocycles. The molecule has 6 heteroatoms. The van der Waals surface area contributed by atoms with Crippen molar-refractivity contribution in [3.8, 4) is 73.2 Å². The molecule has 0 amide bonds. The van der Waals surface area contributed by atoms with Gasteiger partial charge in [0.1, 0.15) is 22.3 Å². The number of rotatable bonds is 7. The first kappa shape index (κ1) is 38.8. The number of benzene rings is 10. The smallest absolute Gasteiger partial charge is 0.164 e. The van der Waals surface area contributed by atoms with Gasteiger partial charge in [0.2, 0.25) is 0 Å². The Hall–Kier alpha value is -9.39. The van der Waals surface area contributed by atoms with E-state index in [-0.39, 0.29) is 0 Å². The summed E-state index contributed by atoms with van der Waals surface area (Å²) in [6, 6.07) is 80.6. The molecule has 0 bridgehead atoms. The van der Waals surface area contributed by atoms with Crippen LogP contribution < -0.4 is 0 Å². The number of furan rings is 2. The van der Waals surface area contributed by atoms with Crippen LogP contribution in [0.5, 0.6) is 0 Å². The van der Waals surface area contributed by atoms with Crippen molar-refractivity contribution in [2.24, 2.45) is 0 Å². The van der Waals surface area contributed by atoms with Crippen LogP contribution in [0, 0.1) is 0 Å². The second kappa shape index (κ2) is 15.6. The quantitative estimate of drug-likeness (QED) is 0.159. The Kier molecular flexibility index (Phi) is 8.79. The van der Waals surface area contributed by atoms with Gasteiger partial charge in [0.15, 0.2) is 17.5 Å². The fourth-order valence-corrected chi connectivity index (χ4v) is 10.0. The highest BCUT2D eigenvalue weighted by Gasteiger charge is 2.19. The largest absolute Gasteiger partial charge is 0.456 e. The van der Waals surface area contributed by atoms with Gasteiger partial charge in [0.05, 0.1) is 11.0 Å². The van der Waals surface area contributed by atoms with Crippen molar-refractivity contribution >= 4 is 65.7 Å². The maximum atomic E-state index is 6.79. The summed E-state index contributed by atoms with van der Waals surface area (Å²) in [4.78, 5) is 14.8. The minimum absolute atomic E-state index is 0.585. The summed E-state index contributed by atoms with van der Waals surface area (Å²) in [5.41, 5.74) is 16.1. The van der Waals surface area contributed by atoms with Gasteiger partial charge < -0.3 is 13.4 Å². The molecule has 322 valence electrons. The summed E-state index contributed by atoms with van der Waals surface area (Å²) in [7, 11) is 0. The van der Waals surface area contributed by atoms with E-state index in [1.54, 1.807) is 0 Å². The van der Waals surface area contributed by atoms with Crippen LogP contribution in [0.2, 0.25) is 0 Å². The van der Waals surface area contributed by atoms with Gasteiger partial charge in [-0.25, -0.2) is 15.0 Å². The molecule has 0 saturated carbocycles. The standard InChI is InChI=1S/C63H38N4O2/c1-5-13-39(14-6-1)44-21-27-49-50-28-22-45(40-15-7-2-8-16-40)35-56(50)67(55(49)34-44)48-26-31-52-51-29-23-46(36-58(51)69-60(52)38-48)43-25-32-57-54(33-43)53-30-24-47(37-59(53)68-57)63-65-61(41-17-9-3-10-18-41)64-62(66-63)42-19-11-4-12-20-42/h1-38H.